The van der Waals surface area contributed by atoms with Gasteiger partial charge in [0.15, 0.2) is 11.6 Å². The number of likely N-dealkylation sites (tertiary alicyclic amines) is 1. The summed E-state index contributed by atoms with van der Waals surface area (Å²) in [5.74, 6) is 0.0181. The minimum Gasteiger partial charge on any atom is -0.494 e. The lowest BCUT2D eigenvalue weighted by Crippen LogP contribution is -2.39. The quantitative estimate of drug-likeness (QED) is 0.832. The van der Waals surface area contributed by atoms with Crippen LogP contribution in [0, 0.1) is 5.82 Å². The zero-order valence-electron chi connectivity index (χ0n) is 14.0. The third kappa shape index (κ3) is 4.66. The van der Waals surface area contributed by atoms with Crippen molar-refractivity contribution < 1.29 is 13.9 Å². The summed E-state index contributed by atoms with van der Waals surface area (Å²) >= 11 is 0. The highest BCUT2D eigenvalue weighted by Crippen LogP contribution is 2.20. The average Bonchev–Trinajstić information content (AvgIpc) is 2.96. The summed E-state index contributed by atoms with van der Waals surface area (Å²) in [4.78, 5) is 4.93. The van der Waals surface area contributed by atoms with Crippen molar-refractivity contribution in [3.8, 4) is 5.75 Å². The van der Waals surface area contributed by atoms with Crippen LogP contribution >= 0.6 is 0 Å². The molecule has 3 rings (SSSR count). The summed E-state index contributed by atoms with van der Waals surface area (Å²) in [6, 6.07) is 5.14. The zero-order chi connectivity index (χ0) is 16.1. The normalized spacial score (nSPS) is 23.8. The summed E-state index contributed by atoms with van der Waals surface area (Å²) in [5.41, 5.74) is 1.09. The van der Waals surface area contributed by atoms with Crippen LogP contribution in [0.1, 0.15) is 24.8 Å². The lowest BCUT2D eigenvalue weighted by Gasteiger charge is -2.27. The molecule has 0 bridgehead atoms. The molecule has 0 unspecified atom stereocenters. The largest absolute Gasteiger partial charge is 0.494 e. The van der Waals surface area contributed by atoms with Crippen LogP contribution in [-0.4, -0.2) is 62.3 Å². The minimum atomic E-state index is -0.303. The Hall–Kier alpha value is -1.17. The van der Waals surface area contributed by atoms with E-state index in [2.05, 4.69) is 9.80 Å². The molecule has 2 aliphatic heterocycles. The molecule has 0 N–H and O–H groups in total. The Labute approximate surface area is 138 Å². The highest BCUT2D eigenvalue weighted by atomic mass is 19.1. The van der Waals surface area contributed by atoms with Crippen LogP contribution in [0.4, 0.5) is 4.39 Å². The first-order chi connectivity index (χ1) is 11.2. The van der Waals surface area contributed by atoms with Crippen LogP contribution in [0.2, 0.25) is 0 Å². The molecule has 2 fully saturated rings. The van der Waals surface area contributed by atoms with E-state index in [9.17, 15) is 4.39 Å². The molecule has 0 spiro atoms. The standard InChI is InChI=1S/C18H27FN2O2/c1-22-18-11-15(5-6-17(18)19)12-21-9-4-10-23-16(14-21)13-20-7-2-3-8-20/h5-6,11,16H,2-4,7-10,12-14H2,1H3/t16-/m1/s1. The second-order valence-corrected chi connectivity index (χ2v) is 6.56. The summed E-state index contributed by atoms with van der Waals surface area (Å²) in [6.07, 6.45) is 3.95. The lowest BCUT2D eigenvalue weighted by molar-refractivity contribution is 0.0308. The van der Waals surface area contributed by atoms with Crippen molar-refractivity contribution in [3.05, 3.63) is 29.6 Å². The monoisotopic (exact) mass is 322 g/mol. The molecule has 1 aromatic rings. The number of methoxy groups -OCH3 is 1. The van der Waals surface area contributed by atoms with Crippen LogP contribution in [0.3, 0.4) is 0 Å². The molecule has 2 aliphatic rings. The Bertz CT molecular complexity index is 506. The summed E-state index contributed by atoms with van der Waals surface area (Å²) in [7, 11) is 1.51. The predicted octanol–water partition coefficient (Wildman–Crippen LogP) is 2.52. The number of hydrogen-bond acceptors (Lipinski definition) is 4. The fraction of sp³-hybridized carbons (Fsp3) is 0.667. The molecule has 5 heteroatoms. The van der Waals surface area contributed by atoms with E-state index in [1.54, 1.807) is 6.07 Å². The first-order valence-electron chi connectivity index (χ1n) is 8.63. The Kier molecular flexibility index (Phi) is 5.86. The van der Waals surface area contributed by atoms with Gasteiger partial charge in [-0.15, -0.1) is 0 Å². The molecule has 2 heterocycles. The van der Waals surface area contributed by atoms with Crippen molar-refractivity contribution in [2.75, 3.05) is 46.4 Å². The van der Waals surface area contributed by atoms with Crippen molar-refractivity contribution >= 4 is 0 Å². The summed E-state index contributed by atoms with van der Waals surface area (Å²) < 4.78 is 24.7. The van der Waals surface area contributed by atoms with E-state index in [4.69, 9.17) is 9.47 Å². The van der Waals surface area contributed by atoms with Gasteiger partial charge < -0.3 is 14.4 Å². The highest BCUT2D eigenvalue weighted by Gasteiger charge is 2.23. The van der Waals surface area contributed by atoms with Crippen molar-refractivity contribution in [1.82, 2.24) is 9.80 Å². The van der Waals surface area contributed by atoms with Gasteiger partial charge in [-0.3, -0.25) is 4.90 Å². The second kappa shape index (κ2) is 8.08. The molecule has 2 saturated heterocycles. The van der Waals surface area contributed by atoms with Crippen LogP contribution < -0.4 is 4.74 Å². The molecule has 128 valence electrons. The summed E-state index contributed by atoms with van der Waals surface area (Å²) in [6.45, 7) is 7.05. The molecular formula is C18H27FN2O2. The van der Waals surface area contributed by atoms with Crippen LogP contribution in [-0.2, 0) is 11.3 Å². The molecule has 1 aromatic carbocycles. The minimum absolute atomic E-state index is 0.276. The maximum atomic E-state index is 13.5. The molecule has 4 nitrogen and oxygen atoms in total. The molecule has 0 aliphatic carbocycles. The fourth-order valence-electron chi connectivity index (χ4n) is 3.54. The number of benzene rings is 1. The molecule has 0 aromatic heterocycles. The van der Waals surface area contributed by atoms with Crippen molar-refractivity contribution in [1.29, 1.82) is 0 Å². The Balaban J connectivity index is 1.59. The maximum Gasteiger partial charge on any atom is 0.165 e. The SMILES string of the molecule is COc1cc(CN2CCCO[C@H](CN3CCCC3)C2)ccc1F. The van der Waals surface area contributed by atoms with E-state index in [0.717, 1.165) is 44.8 Å². The van der Waals surface area contributed by atoms with Gasteiger partial charge in [0.1, 0.15) is 0 Å². The van der Waals surface area contributed by atoms with Crippen LogP contribution in [0.25, 0.3) is 0 Å². The van der Waals surface area contributed by atoms with Gasteiger partial charge in [-0.05, 0) is 50.0 Å². The third-order valence-corrected chi connectivity index (χ3v) is 4.72. The number of hydrogen-bond donors (Lipinski definition) is 0. The van der Waals surface area contributed by atoms with Gasteiger partial charge >= 0.3 is 0 Å². The maximum absolute atomic E-state index is 13.5. The zero-order valence-corrected chi connectivity index (χ0v) is 14.0. The van der Waals surface area contributed by atoms with Gasteiger partial charge in [0.05, 0.1) is 13.2 Å². The molecule has 1 atom stereocenters. The molecule has 0 radical (unpaired) electrons. The lowest BCUT2D eigenvalue weighted by atomic mass is 10.1. The molecule has 23 heavy (non-hydrogen) atoms. The average molecular weight is 322 g/mol. The molecule has 0 saturated carbocycles. The number of nitrogens with zero attached hydrogens (tertiary/aromatic N) is 2. The van der Waals surface area contributed by atoms with Crippen molar-refractivity contribution in [3.63, 3.8) is 0 Å². The third-order valence-electron chi connectivity index (χ3n) is 4.72. The Morgan fingerprint density at radius 2 is 1.96 bits per heavy atom. The van der Waals surface area contributed by atoms with E-state index in [1.165, 1.54) is 39.1 Å². The van der Waals surface area contributed by atoms with E-state index in [-0.39, 0.29) is 11.9 Å². The van der Waals surface area contributed by atoms with Gasteiger partial charge in [-0.2, -0.15) is 0 Å². The van der Waals surface area contributed by atoms with E-state index in [0.29, 0.717) is 5.75 Å². The van der Waals surface area contributed by atoms with Crippen molar-refractivity contribution in [2.45, 2.75) is 31.9 Å². The first-order valence-corrected chi connectivity index (χ1v) is 8.63. The van der Waals surface area contributed by atoms with Gasteiger partial charge in [0.25, 0.3) is 0 Å². The Morgan fingerprint density at radius 3 is 2.74 bits per heavy atom. The number of halogens is 1. The van der Waals surface area contributed by atoms with Crippen LogP contribution in [0.5, 0.6) is 5.75 Å². The van der Waals surface area contributed by atoms with E-state index in [1.807, 2.05) is 6.07 Å². The molecule has 0 amide bonds. The number of rotatable bonds is 5. The van der Waals surface area contributed by atoms with Gasteiger partial charge in [0.2, 0.25) is 0 Å². The van der Waals surface area contributed by atoms with E-state index >= 15 is 0 Å². The predicted molar refractivity (Wildman–Crippen MR) is 88.3 cm³/mol. The van der Waals surface area contributed by atoms with Gasteiger partial charge in [-0.25, -0.2) is 4.39 Å². The smallest absolute Gasteiger partial charge is 0.165 e. The first kappa shape index (κ1) is 16.7. The van der Waals surface area contributed by atoms with E-state index < -0.39 is 0 Å². The number of ether oxygens (including phenoxy) is 2. The van der Waals surface area contributed by atoms with Gasteiger partial charge in [0, 0.05) is 32.8 Å². The summed E-state index contributed by atoms with van der Waals surface area (Å²) in [5, 5.41) is 0. The fourth-order valence-corrected chi connectivity index (χ4v) is 3.54. The topological polar surface area (TPSA) is 24.9 Å². The van der Waals surface area contributed by atoms with Gasteiger partial charge in [-0.1, -0.05) is 6.07 Å². The highest BCUT2D eigenvalue weighted by molar-refractivity contribution is 5.30. The van der Waals surface area contributed by atoms with Crippen molar-refractivity contribution in [2.24, 2.45) is 0 Å². The Morgan fingerprint density at radius 1 is 1.17 bits per heavy atom. The second-order valence-electron chi connectivity index (χ2n) is 6.56. The van der Waals surface area contributed by atoms with Crippen LogP contribution in [0.15, 0.2) is 18.2 Å². The molecular weight excluding hydrogens is 295 g/mol.